The summed E-state index contributed by atoms with van der Waals surface area (Å²) in [6.07, 6.45) is 3.23. The number of aromatic nitrogens is 2. The van der Waals surface area contributed by atoms with E-state index in [0.29, 0.717) is 18.9 Å². The fraction of sp³-hybridized carbons (Fsp3) is 0.500. The zero-order valence-corrected chi connectivity index (χ0v) is 10.8. The third-order valence-electron chi connectivity index (χ3n) is 3.21. The minimum absolute atomic E-state index is 0.0276. The summed E-state index contributed by atoms with van der Waals surface area (Å²) in [5, 5.41) is 12.5. The molecule has 0 radical (unpaired) electrons. The quantitative estimate of drug-likeness (QED) is 0.706. The van der Waals surface area contributed by atoms with Crippen molar-refractivity contribution in [1.29, 1.82) is 0 Å². The number of H-pyrrole nitrogens is 1. The highest BCUT2D eigenvalue weighted by Crippen LogP contribution is 2.34. The first-order valence-corrected chi connectivity index (χ1v) is 6.96. The predicted molar refractivity (Wildman–Crippen MR) is 71.1 cm³/mol. The summed E-state index contributed by atoms with van der Waals surface area (Å²) < 4.78 is 0. The summed E-state index contributed by atoms with van der Waals surface area (Å²) in [6, 6.07) is 0. The van der Waals surface area contributed by atoms with E-state index < -0.39 is 0 Å². The summed E-state index contributed by atoms with van der Waals surface area (Å²) in [5.74, 6) is 0.640. The van der Waals surface area contributed by atoms with Crippen molar-refractivity contribution >= 4 is 21.6 Å². The van der Waals surface area contributed by atoms with Crippen LogP contribution < -0.4 is 10.9 Å². The molecule has 0 saturated carbocycles. The van der Waals surface area contributed by atoms with Gasteiger partial charge in [-0.25, -0.2) is 4.98 Å². The van der Waals surface area contributed by atoms with Gasteiger partial charge in [0.2, 0.25) is 0 Å². The Morgan fingerprint density at radius 1 is 1.44 bits per heavy atom. The number of hydrogen-bond acceptors (Lipinski definition) is 5. The largest absolute Gasteiger partial charge is 0.395 e. The molecular formula is C12H15N3O2S. The molecule has 3 rings (SSSR count). The average Bonchev–Trinajstić information content (AvgIpc) is 2.88. The lowest BCUT2D eigenvalue weighted by Crippen LogP contribution is -2.21. The van der Waals surface area contributed by atoms with Crippen LogP contribution in [0.4, 0.5) is 0 Å². The van der Waals surface area contributed by atoms with Crippen molar-refractivity contribution in [2.75, 3.05) is 13.2 Å². The minimum Gasteiger partial charge on any atom is -0.395 e. The van der Waals surface area contributed by atoms with E-state index in [1.54, 1.807) is 11.3 Å². The summed E-state index contributed by atoms with van der Waals surface area (Å²) >= 11 is 1.65. The highest BCUT2D eigenvalue weighted by atomic mass is 32.1. The minimum atomic E-state index is -0.0276. The third-order valence-corrected chi connectivity index (χ3v) is 4.39. The molecule has 0 aromatic carbocycles. The van der Waals surface area contributed by atoms with E-state index in [0.717, 1.165) is 29.5 Å². The topological polar surface area (TPSA) is 78.0 Å². The van der Waals surface area contributed by atoms with Gasteiger partial charge in [-0.1, -0.05) is 0 Å². The van der Waals surface area contributed by atoms with E-state index in [2.05, 4.69) is 15.3 Å². The van der Waals surface area contributed by atoms with E-state index in [9.17, 15) is 4.79 Å². The van der Waals surface area contributed by atoms with Gasteiger partial charge in [0.15, 0.2) is 0 Å². The van der Waals surface area contributed by atoms with Crippen LogP contribution in [0.1, 0.15) is 22.7 Å². The van der Waals surface area contributed by atoms with Crippen LogP contribution >= 0.6 is 11.3 Å². The molecule has 0 amide bonds. The zero-order valence-electron chi connectivity index (χ0n) is 9.95. The molecule has 0 spiro atoms. The van der Waals surface area contributed by atoms with Crippen molar-refractivity contribution in [1.82, 2.24) is 15.3 Å². The number of aliphatic hydroxyl groups is 1. The van der Waals surface area contributed by atoms with Gasteiger partial charge in [-0.3, -0.25) is 4.79 Å². The molecule has 0 atom stereocenters. The number of fused-ring (bicyclic) bond motifs is 3. The van der Waals surface area contributed by atoms with E-state index >= 15 is 0 Å². The van der Waals surface area contributed by atoms with Gasteiger partial charge in [-0.2, -0.15) is 0 Å². The van der Waals surface area contributed by atoms with Crippen LogP contribution in [0.2, 0.25) is 0 Å². The standard InChI is InChI=1S/C12H15N3O2S/c16-5-4-13-6-9-14-11(17)10-7-2-1-3-8(7)18-12(10)15-9/h13,16H,1-6H2,(H,14,15,17). The molecule has 0 bridgehead atoms. The van der Waals surface area contributed by atoms with Crippen molar-refractivity contribution in [3.05, 3.63) is 26.6 Å². The number of thiophene rings is 1. The number of nitrogens with one attached hydrogen (secondary N) is 2. The second-order valence-electron chi connectivity index (χ2n) is 4.45. The Balaban J connectivity index is 1.98. The molecule has 2 aromatic rings. The molecule has 1 aliphatic rings. The van der Waals surface area contributed by atoms with Crippen LogP contribution in [0.3, 0.4) is 0 Å². The van der Waals surface area contributed by atoms with Crippen LogP contribution in [0.25, 0.3) is 10.2 Å². The van der Waals surface area contributed by atoms with E-state index in [1.165, 1.54) is 10.4 Å². The second kappa shape index (κ2) is 4.79. The van der Waals surface area contributed by atoms with Crippen molar-refractivity contribution in [3.63, 3.8) is 0 Å². The van der Waals surface area contributed by atoms with Gasteiger partial charge < -0.3 is 15.4 Å². The average molecular weight is 265 g/mol. The lowest BCUT2D eigenvalue weighted by Gasteiger charge is -2.02. The number of nitrogens with zero attached hydrogens (tertiary/aromatic N) is 1. The van der Waals surface area contributed by atoms with Gasteiger partial charge in [0.25, 0.3) is 5.56 Å². The van der Waals surface area contributed by atoms with E-state index in [4.69, 9.17) is 5.11 Å². The number of hydrogen-bond donors (Lipinski definition) is 3. The van der Waals surface area contributed by atoms with Gasteiger partial charge in [-0.05, 0) is 24.8 Å². The van der Waals surface area contributed by atoms with Gasteiger partial charge in [0.1, 0.15) is 10.7 Å². The first-order chi connectivity index (χ1) is 8.79. The summed E-state index contributed by atoms with van der Waals surface area (Å²) in [4.78, 5) is 21.6. The molecule has 3 N–H and O–H groups in total. The Kier molecular flexibility index (Phi) is 3.15. The van der Waals surface area contributed by atoms with Crippen LogP contribution in [0, 0.1) is 0 Å². The highest BCUT2D eigenvalue weighted by molar-refractivity contribution is 7.18. The summed E-state index contributed by atoms with van der Waals surface area (Å²) in [7, 11) is 0. The molecule has 1 aliphatic carbocycles. The molecule has 5 nitrogen and oxygen atoms in total. The van der Waals surface area contributed by atoms with Crippen LogP contribution in [-0.2, 0) is 19.4 Å². The smallest absolute Gasteiger partial charge is 0.259 e. The van der Waals surface area contributed by atoms with E-state index in [-0.39, 0.29) is 12.2 Å². The Hall–Kier alpha value is -1.24. The number of aromatic amines is 1. The number of rotatable bonds is 4. The fourth-order valence-electron chi connectivity index (χ4n) is 2.42. The van der Waals surface area contributed by atoms with Gasteiger partial charge in [-0.15, -0.1) is 11.3 Å². The molecule has 0 fully saturated rings. The fourth-order valence-corrected chi connectivity index (χ4v) is 3.70. The Bertz CT molecular complexity index is 632. The highest BCUT2D eigenvalue weighted by Gasteiger charge is 2.20. The molecule has 6 heteroatoms. The first-order valence-electron chi connectivity index (χ1n) is 6.14. The lowest BCUT2D eigenvalue weighted by atomic mass is 10.2. The van der Waals surface area contributed by atoms with Gasteiger partial charge >= 0.3 is 0 Å². The van der Waals surface area contributed by atoms with Crippen molar-refractivity contribution in [2.45, 2.75) is 25.8 Å². The molecule has 0 aliphatic heterocycles. The van der Waals surface area contributed by atoms with Crippen LogP contribution in [0.5, 0.6) is 0 Å². The number of aliphatic hydroxyl groups excluding tert-OH is 1. The Morgan fingerprint density at radius 3 is 3.17 bits per heavy atom. The SMILES string of the molecule is O=c1[nH]c(CNCCO)nc2sc3c(c12)CCC3. The molecule has 2 aromatic heterocycles. The monoisotopic (exact) mass is 265 g/mol. The van der Waals surface area contributed by atoms with Crippen LogP contribution in [-0.4, -0.2) is 28.2 Å². The third kappa shape index (κ3) is 1.96. The predicted octanol–water partition coefficient (Wildman–Crippen LogP) is 0.555. The van der Waals surface area contributed by atoms with Crippen molar-refractivity contribution in [2.24, 2.45) is 0 Å². The summed E-state index contributed by atoms with van der Waals surface area (Å²) in [6.45, 7) is 1.07. The molecule has 2 heterocycles. The lowest BCUT2D eigenvalue weighted by molar-refractivity contribution is 0.291. The summed E-state index contributed by atoms with van der Waals surface area (Å²) in [5.41, 5.74) is 1.18. The number of aryl methyl sites for hydroxylation is 2. The van der Waals surface area contributed by atoms with Crippen molar-refractivity contribution in [3.8, 4) is 0 Å². The normalized spacial score (nSPS) is 14.3. The zero-order chi connectivity index (χ0) is 12.5. The van der Waals surface area contributed by atoms with E-state index in [1.807, 2.05) is 0 Å². The molecular weight excluding hydrogens is 250 g/mol. The molecule has 96 valence electrons. The Morgan fingerprint density at radius 2 is 2.33 bits per heavy atom. The molecule has 0 unspecified atom stereocenters. The van der Waals surface area contributed by atoms with Gasteiger partial charge in [0.05, 0.1) is 18.5 Å². The first kappa shape index (κ1) is 11.8. The van der Waals surface area contributed by atoms with Crippen LogP contribution in [0.15, 0.2) is 4.79 Å². The van der Waals surface area contributed by atoms with Crippen molar-refractivity contribution < 1.29 is 5.11 Å². The molecule has 0 saturated heterocycles. The maximum Gasteiger partial charge on any atom is 0.259 e. The Labute approximate surface area is 108 Å². The maximum absolute atomic E-state index is 12.1. The van der Waals surface area contributed by atoms with Gasteiger partial charge in [0, 0.05) is 11.4 Å². The second-order valence-corrected chi connectivity index (χ2v) is 5.53. The molecule has 18 heavy (non-hydrogen) atoms. The maximum atomic E-state index is 12.1.